The number of carbonyl (C=O) groups excluding carboxylic acids is 1. The average Bonchev–Trinajstić information content (AvgIpc) is 3.17. The number of carbonyl (C=O) groups is 2. The minimum absolute atomic E-state index is 0.0863. The lowest BCUT2D eigenvalue weighted by atomic mass is 9.84. The lowest BCUT2D eigenvalue weighted by Crippen LogP contribution is -2.43. The van der Waals surface area contributed by atoms with Crippen LogP contribution in [0.25, 0.3) is 10.9 Å². The van der Waals surface area contributed by atoms with Gasteiger partial charge in [-0.05, 0) is 50.3 Å². The molecule has 2 saturated heterocycles. The fraction of sp³-hybridized carbons (Fsp3) is 0.476. The summed E-state index contributed by atoms with van der Waals surface area (Å²) in [5.41, 5.74) is 1.64. The monoisotopic (exact) mass is 386 g/mol. The Bertz CT molecular complexity index is 924. The topological polar surface area (TPSA) is 79.7 Å². The number of hydrogen-bond donors (Lipinski definition) is 1. The minimum atomic E-state index is -0.796. The molecule has 2 atom stereocenters. The second-order valence-corrected chi connectivity index (χ2v) is 7.66. The van der Waals surface area contributed by atoms with E-state index in [4.69, 9.17) is 4.74 Å². The molecule has 0 spiro atoms. The summed E-state index contributed by atoms with van der Waals surface area (Å²) in [6.07, 6.45) is 1.76. The Kier molecular flexibility index (Phi) is 5.02. The summed E-state index contributed by atoms with van der Waals surface area (Å²) in [5, 5.41) is 10.1. The smallest absolute Gasteiger partial charge is 0.309 e. The van der Waals surface area contributed by atoms with Crippen molar-refractivity contribution in [2.75, 3.05) is 19.7 Å². The lowest BCUT2D eigenvalue weighted by Gasteiger charge is -2.35. The molecule has 1 N–H and O–H groups in total. The molecule has 1 aromatic carbocycles. The number of aryl methyl sites for hydroxylation is 1. The van der Waals surface area contributed by atoms with Crippen molar-refractivity contribution in [3.8, 4) is 0 Å². The van der Waals surface area contributed by atoms with Gasteiger partial charge in [0, 0.05) is 31.1 Å². The van der Waals surface area contributed by atoms with Crippen LogP contribution < -0.4 is 0 Å². The molecule has 1 unspecified atom stereocenters. The van der Waals surface area contributed by atoms with E-state index in [1.54, 1.807) is 24.0 Å². The molecule has 1 aromatic heterocycles. The number of amides is 1. The van der Waals surface area contributed by atoms with Crippen LogP contribution in [0.1, 0.15) is 35.3 Å². The molecule has 4 rings (SSSR count). The van der Waals surface area contributed by atoms with Crippen molar-refractivity contribution in [2.24, 2.45) is 11.8 Å². The summed E-state index contributed by atoms with van der Waals surface area (Å²) < 4.78 is 19.1. The van der Waals surface area contributed by atoms with E-state index in [2.05, 4.69) is 4.98 Å². The van der Waals surface area contributed by atoms with Gasteiger partial charge in [-0.2, -0.15) is 0 Å². The van der Waals surface area contributed by atoms with E-state index < -0.39 is 11.9 Å². The highest BCUT2D eigenvalue weighted by Crippen LogP contribution is 2.33. The highest BCUT2D eigenvalue weighted by atomic mass is 19.1. The normalized spacial score (nSPS) is 23.3. The number of piperidine rings is 1. The number of nitrogens with zero attached hydrogens (tertiary/aromatic N) is 2. The van der Waals surface area contributed by atoms with E-state index in [1.807, 2.05) is 0 Å². The Morgan fingerprint density at radius 1 is 1.21 bits per heavy atom. The zero-order valence-electron chi connectivity index (χ0n) is 15.7. The summed E-state index contributed by atoms with van der Waals surface area (Å²) in [5.74, 6) is -1.52. The van der Waals surface area contributed by atoms with Gasteiger partial charge in [0.05, 0.1) is 28.8 Å². The van der Waals surface area contributed by atoms with E-state index in [0.717, 1.165) is 18.2 Å². The Balaban J connectivity index is 1.47. The molecule has 7 heteroatoms. The number of aromatic nitrogens is 1. The van der Waals surface area contributed by atoms with Crippen LogP contribution in [-0.2, 0) is 9.53 Å². The van der Waals surface area contributed by atoms with Crippen LogP contribution in [0.15, 0.2) is 24.3 Å². The van der Waals surface area contributed by atoms with Crippen molar-refractivity contribution < 1.29 is 23.8 Å². The molecule has 3 heterocycles. The van der Waals surface area contributed by atoms with Crippen LogP contribution in [0.3, 0.4) is 0 Å². The van der Waals surface area contributed by atoms with Gasteiger partial charge < -0.3 is 14.7 Å². The van der Waals surface area contributed by atoms with Crippen molar-refractivity contribution in [3.05, 3.63) is 41.3 Å². The van der Waals surface area contributed by atoms with Gasteiger partial charge in [0.15, 0.2) is 0 Å². The first-order chi connectivity index (χ1) is 13.4. The molecule has 2 aromatic rings. The van der Waals surface area contributed by atoms with Crippen molar-refractivity contribution in [1.82, 2.24) is 9.88 Å². The van der Waals surface area contributed by atoms with Crippen molar-refractivity contribution in [1.29, 1.82) is 0 Å². The number of halogens is 1. The molecule has 2 fully saturated rings. The molecular formula is C21H23FN2O4. The molecule has 6 nitrogen and oxygen atoms in total. The van der Waals surface area contributed by atoms with Gasteiger partial charge in [0.2, 0.25) is 0 Å². The summed E-state index contributed by atoms with van der Waals surface area (Å²) in [7, 11) is 0. The second kappa shape index (κ2) is 7.47. The Morgan fingerprint density at radius 3 is 2.68 bits per heavy atom. The van der Waals surface area contributed by atoms with Gasteiger partial charge in [0.25, 0.3) is 5.91 Å². The SMILES string of the molecule is Cc1nc2cc(F)ccc2cc1C(=O)N1CCC([C@@H]2OCCC2C(=O)O)CC1. The number of carboxylic acids is 1. The van der Waals surface area contributed by atoms with Crippen LogP contribution in [0, 0.1) is 24.6 Å². The quantitative estimate of drug-likeness (QED) is 0.877. The van der Waals surface area contributed by atoms with E-state index in [9.17, 15) is 19.1 Å². The van der Waals surface area contributed by atoms with Gasteiger partial charge in [-0.15, -0.1) is 0 Å². The summed E-state index contributed by atoms with van der Waals surface area (Å²) in [6.45, 7) is 3.38. The maximum atomic E-state index is 13.4. The van der Waals surface area contributed by atoms with Crippen LogP contribution in [-0.4, -0.2) is 52.7 Å². The van der Waals surface area contributed by atoms with Gasteiger partial charge in [-0.25, -0.2) is 4.39 Å². The number of rotatable bonds is 3. The first-order valence-electron chi connectivity index (χ1n) is 9.64. The number of aliphatic carboxylic acids is 1. The van der Waals surface area contributed by atoms with Gasteiger partial charge >= 0.3 is 5.97 Å². The predicted octanol–water partition coefficient (Wildman–Crippen LogP) is 3.02. The number of ether oxygens (including phenoxy) is 1. The third-order valence-electron chi connectivity index (χ3n) is 5.95. The highest BCUT2D eigenvalue weighted by Gasteiger charge is 2.40. The minimum Gasteiger partial charge on any atom is -0.481 e. The van der Waals surface area contributed by atoms with Gasteiger partial charge in [-0.1, -0.05) is 0 Å². The third-order valence-corrected chi connectivity index (χ3v) is 5.95. The second-order valence-electron chi connectivity index (χ2n) is 7.66. The molecule has 2 aliphatic rings. The molecule has 0 aliphatic carbocycles. The lowest BCUT2D eigenvalue weighted by molar-refractivity contribution is -0.145. The zero-order valence-corrected chi connectivity index (χ0v) is 15.7. The van der Waals surface area contributed by atoms with Crippen LogP contribution in [0.2, 0.25) is 0 Å². The molecule has 28 heavy (non-hydrogen) atoms. The predicted molar refractivity (Wildman–Crippen MR) is 101 cm³/mol. The number of carboxylic acid groups (broad SMARTS) is 1. The fourth-order valence-corrected chi connectivity index (χ4v) is 4.39. The molecule has 0 saturated carbocycles. The molecule has 0 bridgehead atoms. The van der Waals surface area contributed by atoms with Gasteiger partial charge in [0.1, 0.15) is 5.82 Å². The fourth-order valence-electron chi connectivity index (χ4n) is 4.39. The first-order valence-corrected chi connectivity index (χ1v) is 9.64. The number of fused-ring (bicyclic) bond motifs is 1. The molecular weight excluding hydrogens is 363 g/mol. The largest absolute Gasteiger partial charge is 0.481 e. The number of hydrogen-bond acceptors (Lipinski definition) is 4. The van der Waals surface area contributed by atoms with E-state index in [-0.39, 0.29) is 23.7 Å². The average molecular weight is 386 g/mol. The highest BCUT2D eigenvalue weighted by molar-refractivity contribution is 5.98. The maximum Gasteiger partial charge on any atom is 0.309 e. The van der Waals surface area contributed by atoms with E-state index in [0.29, 0.717) is 42.9 Å². The number of likely N-dealkylation sites (tertiary alicyclic amines) is 1. The number of pyridine rings is 1. The molecule has 2 aliphatic heterocycles. The third kappa shape index (κ3) is 3.46. The number of benzene rings is 1. The Hall–Kier alpha value is -2.54. The van der Waals surface area contributed by atoms with E-state index >= 15 is 0 Å². The summed E-state index contributed by atoms with van der Waals surface area (Å²) >= 11 is 0. The molecule has 148 valence electrons. The standard InChI is InChI=1S/C21H23FN2O4/c1-12-17(10-14-2-3-15(22)11-18(14)23-12)20(25)24-7-4-13(5-8-24)19-16(21(26)27)6-9-28-19/h2-3,10-11,13,16,19H,4-9H2,1H3,(H,26,27)/t16?,19-/m0/s1. The van der Waals surface area contributed by atoms with Gasteiger partial charge in [-0.3, -0.25) is 14.6 Å². The van der Waals surface area contributed by atoms with E-state index in [1.165, 1.54) is 12.1 Å². The molecule has 0 radical (unpaired) electrons. The Morgan fingerprint density at radius 2 is 1.96 bits per heavy atom. The zero-order chi connectivity index (χ0) is 19.8. The van der Waals surface area contributed by atoms with Crippen LogP contribution in [0.4, 0.5) is 4.39 Å². The summed E-state index contributed by atoms with van der Waals surface area (Å²) in [6, 6.07) is 6.12. The van der Waals surface area contributed by atoms with Crippen LogP contribution in [0.5, 0.6) is 0 Å². The first kappa shape index (κ1) is 18.8. The maximum absolute atomic E-state index is 13.4. The van der Waals surface area contributed by atoms with Crippen molar-refractivity contribution >= 4 is 22.8 Å². The van der Waals surface area contributed by atoms with Crippen LogP contribution >= 0.6 is 0 Å². The van der Waals surface area contributed by atoms with Crippen molar-refractivity contribution in [3.63, 3.8) is 0 Å². The van der Waals surface area contributed by atoms with Crippen molar-refractivity contribution in [2.45, 2.75) is 32.3 Å². The Labute approximate surface area is 162 Å². The molecule has 1 amide bonds. The summed E-state index contributed by atoms with van der Waals surface area (Å²) in [4.78, 5) is 30.6.